The molecule has 3 fully saturated rings. The van der Waals surface area contributed by atoms with Crippen LogP contribution in [0.2, 0.25) is 0 Å². The number of benzene rings is 2. The van der Waals surface area contributed by atoms with Gasteiger partial charge >= 0.3 is 0 Å². The highest BCUT2D eigenvalue weighted by molar-refractivity contribution is 6.22. The van der Waals surface area contributed by atoms with Gasteiger partial charge in [0.1, 0.15) is 0 Å². The zero-order chi connectivity index (χ0) is 21.1. The Kier molecular flexibility index (Phi) is 3.96. The maximum Gasteiger partial charge on any atom is 0.257 e. The lowest BCUT2D eigenvalue weighted by Crippen LogP contribution is -2.32. The Hall–Kier alpha value is -3.54. The van der Waals surface area contributed by atoms with Crippen LogP contribution in [0.15, 0.2) is 60.8 Å². The van der Waals surface area contributed by atoms with Gasteiger partial charge in [-0.15, -0.1) is 0 Å². The van der Waals surface area contributed by atoms with E-state index in [0.29, 0.717) is 34.3 Å². The molecule has 3 aliphatic rings. The van der Waals surface area contributed by atoms with Crippen molar-refractivity contribution in [1.82, 2.24) is 4.98 Å². The molecule has 6 nitrogen and oxygen atoms in total. The molecule has 2 saturated carbocycles. The minimum atomic E-state index is -0.253. The number of carbonyl (C=O) groups is 3. The summed E-state index contributed by atoms with van der Waals surface area (Å²) < 4.78 is 0. The van der Waals surface area contributed by atoms with Crippen molar-refractivity contribution >= 4 is 40.0 Å². The largest absolute Gasteiger partial charge is 0.322 e. The smallest absolute Gasteiger partial charge is 0.257 e. The zero-order valence-electron chi connectivity index (χ0n) is 16.8. The van der Waals surface area contributed by atoms with Gasteiger partial charge in [0.2, 0.25) is 11.8 Å². The number of anilines is 2. The molecule has 3 amide bonds. The second-order valence-electron chi connectivity index (χ2n) is 8.78. The molecule has 3 aromatic rings. The van der Waals surface area contributed by atoms with Gasteiger partial charge in [0, 0.05) is 17.3 Å². The highest BCUT2D eigenvalue weighted by atomic mass is 16.2. The van der Waals surface area contributed by atoms with Crippen molar-refractivity contribution in [2.45, 2.75) is 19.3 Å². The molecule has 31 heavy (non-hydrogen) atoms. The summed E-state index contributed by atoms with van der Waals surface area (Å²) in [6.07, 6.45) is 4.81. The third-order valence-corrected chi connectivity index (χ3v) is 7.19. The lowest BCUT2D eigenvalue weighted by atomic mass is 9.81. The Morgan fingerprint density at radius 1 is 0.903 bits per heavy atom. The molecule has 0 spiro atoms. The molecule has 1 aliphatic heterocycles. The standard InChI is InChI=1S/C25H21N3O3/c29-23(19-5-1-3-14-4-2-12-26-22(14)19)27-17-8-10-18(11-9-17)28-24(30)20-15-6-7-16(13-15)21(20)25(28)31/h1-5,8-12,15-16,20-21H,6-7,13H2,(H,27,29)/t15-,16+,20-,21+. The average molecular weight is 411 g/mol. The molecule has 6 heteroatoms. The molecule has 0 radical (unpaired) electrons. The van der Waals surface area contributed by atoms with E-state index in [1.54, 1.807) is 36.5 Å². The fourth-order valence-corrected chi connectivity index (χ4v) is 5.84. The molecule has 1 N–H and O–H groups in total. The van der Waals surface area contributed by atoms with Gasteiger partial charge in [-0.1, -0.05) is 18.2 Å². The molecule has 2 aliphatic carbocycles. The number of hydrogen-bond donors (Lipinski definition) is 1. The van der Waals surface area contributed by atoms with Crippen molar-refractivity contribution in [3.63, 3.8) is 0 Å². The van der Waals surface area contributed by atoms with Crippen LogP contribution in [-0.2, 0) is 9.59 Å². The van der Waals surface area contributed by atoms with E-state index in [9.17, 15) is 14.4 Å². The van der Waals surface area contributed by atoms with Gasteiger partial charge in [0.15, 0.2) is 0 Å². The molecular formula is C25H21N3O3. The molecule has 2 heterocycles. The van der Waals surface area contributed by atoms with Crippen LogP contribution in [0.5, 0.6) is 0 Å². The molecule has 1 aromatic heterocycles. The minimum absolute atomic E-state index is 0.0548. The lowest BCUT2D eigenvalue weighted by Gasteiger charge is -2.19. The summed E-state index contributed by atoms with van der Waals surface area (Å²) in [7, 11) is 0. The predicted octanol–water partition coefficient (Wildman–Crippen LogP) is 4.02. The number of fused-ring (bicyclic) bond motifs is 6. The molecule has 6 rings (SSSR count). The molecule has 1 saturated heterocycles. The number of hydrogen-bond acceptors (Lipinski definition) is 4. The number of amides is 3. The summed E-state index contributed by atoms with van der Waals surface area (Å²) in [5.41, 5.74) is 2.32. The number of imide groups is 1. The summed E-state index contributed by atoms with van der Waals surface area (Å²) in [5, 5.41) is 3.79. The first kappa shape index (κ1) is 18.2. The first-order valence-electron chi connectivity index (χ1n) is 10.7. The maximum absolute atomic E-state index is 13.0. The van der Waals surface area contributed by atoms with E-state index < -0.39 is 0 Å². The monoisotopic (exact) mass is 411 g/mol. The van der Waals surface area contributed by atoms with Crippen molar-refractivity contribution < 1.29 is 14.4 Å². The number of aromatic nitrogens is 1. The van der Waals surface area contributed by atoms with Crippen LogP contribution in [0.3, 0.4) is 0 Å². The maximum atomic E-state index is 13.0. The van der Waals surface area contributed by atoms with Crippen molar-refractivity contribution in [2.75, 3.05) is 10.2 Å². The van der Waals surface area contributed by atoms with Crippen LogP contribution < -0.4 is 10.2 Å². The summed E-state index contributed by atoms with van der Waals surface area (Å²) in [6, 6.07) is 16.2. The number of nitrogens with zero attached hydrogens (tertiary/aromatic N) is 2. The zero-order valence-corrected chi connectivity index (χ0v) is 16.8. The van der Waals surface area contributed by atoms with Gasteiger partial charge in [-0.2, -0.15) is 0 Å². The Morgan fingerprint density at radius 2 is 1.58 bits per heavy atom. The second kappa shape index (κ2) is 6.74. The summed E-state index contributed by atoms with van der Waals surface area (Å²) in [6.45, 7) is 0. The van der Waals surface area contributed by atoms with Crippen LogP contribution in [0.4, 0.5) is 11.4 Å². The Bertz CT molecular complexity index is 1200. The third-order valence-electron chi connectivity index (χ3n) is 7.19. The highest BCUT2D eigenvalue weighted by Gasteiger charge is 2.61. The summed E-state index contributed by atoms with van der Waals surface area (Å²) in [4.78, 5) is 44.5. The predicted molar refractivity (Wildman–Crippen MR) is 116 cm³/mol. The third kappa shape index (κ3) is 2.71. The number of para-hydroxylation sites is 1. The number of carbonyl (C=O) groups excluding carboxylic acids is 3. The molecule has 2 bridgehead atoms. The number of rotatable bonds is 3. The first-order chi connectivity index (χ1) is 15.1. The van der Waals surface area contributed by atoms with Gasteiger partial charge in [0.25, 0.3) is 5.91 Å². The van der Waals surface area contributed by atoms with Gasteiger partial charge in [-0.05, 0) is 67.5 Å². The molecule has 154 valence electrons. The molecule has 4 atom stereocenters. The van der Waals surface area contributed by atoms with Crippen molar-refractivity contribution in [1.29, 1.82) is 0 Å². The molecular weight excluding hydrogens is 390 g/mol. The average Bonchev–Trinajstić information content (AvgIpc) is 3.48. The number of nitrogens with one attached hydrogen (secondary N) is 1. The fraction of sp³-hybridized carbons (Fsp3) is 0.280. The Balaban J connectivity index is 1.23. The highest BCUT2D eigenvalue weighted by Crippen LogP contribution is 2.56. The van der Waals surface area contributed by atoms with Gasteiger partial charge in [-0.25, -0.2) is 0 Å². The molecule has 0 unspecified atom stereocenters. The van der Waals surface area contributed by atoms with Crippen molar-refractivity contribution in [3.05, 3.63) is 66.4 Å². The normalized spacial score (nSPS) is 26.5. The van der Waals surface area contributed by atoms with Crippen LogP contribution in [-0.4, -0.2) is 22.7 Å². The van der Waals surface area contributed by atoms with E-state index in [1.807, 2.05) is 24.3 Å². The van der Waals surface area contributed by atoms with Gasteiger partial charge < -0.3 is 5.32 Å². The van der Waals surface area contributed by atoms with Crippen LogP contribution in [0.25, 0.3) is 10.9 Å². The quantitative estimate of drug-likeness (QED) is 0.660. The number of pyridine rings is 1. The van der Waals surface area contributed by atoms with Gasteiger partial charge in [-0.3, -0.25) is 24.3 Å². The van der Waals surface area contributed by atoms with Crippen LogP contribution in [0.1, 0.15) is 29.6 Å². The molecule has 2 aromatic carbocycles. The van der Waals surface area contributed by atoms with Gasteiger partial charge in [0.05, 0.1) is 28.6 Å². The minimum Gasteiger partial charge on any atom is -0.322 e. The fourth-order valence-electron chi connectivity index (χ4n) is 5.84. The SMILES string of the molecule is O=C(Nc1ccc(N2C(=O)[C@@H]3[C@@H]4CC[C@@H](C4)[C@@H]3C2=O)cc1)c1cccc2cccnc12. The van der Waals surface area contributed by atoms with E-state index in [1.165, 1.54) is 4.90 Å². The van der Waals surface area contributed by atoms with E-state index in [-0.39, 0.29) is 29.6 Å². The summed E-state index contributed by atoms with van der Waals surface area (Å²) in [5.74, 6) is 0.0979. The van der Waals surface area contributed by atoms with E-state index in [0.717, 1.165) is 24.6 Å². The topological polar surface area (TPSA) is 79.4 Å². The van der Waals surface area contributed by atoms with Crippen molar-refractivity contribution in [3.8, 4) is 0 Å². The van der Waals surface area contributed by atoms with Crippen LogP contribution >= 0.6 is 0 Å². The summed E-state index contributed by atoms with van der Waals surface area (Å²) >= 11 is 0. The van der Waals surface area contributed by atoms with Crippen molar-refractivity contribution in [2.24, 2.45) is 23.7 Å². The Labute approximate surface area is 179 Å². The second-order valence-corrected chi connectivity index (χ2v) is 8.78. The Morgan fingerprint density at radius 3 is 2.29 bits per heavy atom. The van der Waals surface area contributed by atoms with E-state index >= 15 is 0 Å². The van der Waals surface area contributed by atoms with Crippen LogP contribution in [0, 0.1) is 23.7 Å². The first-order valence-corrected chi connectivity index (χ1v) is 10.7. The lowest BCUT2D eigenvalue weighted by molar-refractivity contribution is -0.123. The van der Waals surface area contributed by atoms with E-state index in [4.69, 9.17) is 0 Å². The van der Waals surface area contributed by atoms with E-state index in [2.05, 4.69) is 10.3 Å².